The number of Topliss-reactive ketones (excluding diaryl/α,β-unsaturated/α-hetero) is 1. The summed E-state index contributed by atoms with van der Waals surface area (Å²) in [5.41, 5.74) is 3.01. The van der Waals surface area contributed by atoms with Gasteiger partial charge in [0.25, 0.3) is 0 Å². The highest BCUT2D eigenvalue weighted by atomic mass is 16.5. The lowest BCUT2D eigenvalue weighted by Crippen LogP contribution is -2.42. The molecule has 0 N–H and O–H groups in total. The Labute approximate surface area is 164 Å². The molecule has 3 unspecified atom stereocenters. The molecule has 0 heterocycles. The number of nitrogens with zero attached hydrogens (tertiary/aromatic N) is 1. The number of hydrogen-bond donors (Lipinski definition) is 0. The third kappa shape index (κ3) is 3.33. The van der Waals surface area contributed by atoms with Crippen LogP contribution in [0, 0.1) is 17.3 Å². The van der Waals surface area contributed by atoms with Crippen molar-refractivity contribution in [2.75, 3.05) is 26.2 Å². The number of likely N-dealkylation sites (N-methyl/N-ethyl adjacent to an activating group) is 1. The lowest BCUT2D eigenvalue weighted by molar-refractivity contribution is -0.129. The molecule has 0 amide bonds. The fourth-order valence-corrected chi connectivity index (χ4v) is 6.25. The van der Waals surface area contributed by atoms with Crippen molar-refractivity contribution < 1.29 is 9.53 Å². The summed E-state index contributed by atoms with van der Waals surface area (Å²) in [5.74, 6) is 3.53. The first kappa shape index (κ1) is 19.0. The number of hydrogen-bond acceptors (Lipinski definition) is 3. The molecule has 3 heteroatoms. The first-order valence-corrected chi connectivity index (χ1v) is 11.1. The van der Waals surface area contributed by atoms with Crippen LogP contribution in [0.25, 0.3) is 0 Å². The van der Waals surface area contributed by atoms with Gasteiger partial charge in [0.1, 0.15) is 18.1 Å². The van der Waals surface area contributed by atoms with Crippen molar-refractivity contribution in [1.29, 1.82) is 0 Å². The van der Waals surface area contributed by atoms with Crippen LogP contribution in [0.5, 0.6) is 5.75 Å². The van der Waals surface area contributed by atoms with E-state index >= 15 is 0 Å². The van der Waals surface area contributed by atoms with E-state index in [1.165, 1.54) is 18.4 Å². The third-order valence-electron chi connectivity index (χ3n) is 7.98. The van der Waals surface area contributed by atoms with Gasteiger partial charge in [-0.2, -0.15) is 0 Å². The molecule has 0 saturated heterocycles. The summed E-state index contributed by atoms with van der Waals surface area (Å²) in [4.78, 5) is 14.9. The number of rotatable bonds is 6. The number of ether oxygens (including phenoxy) is 1. The highest BCUT2D eigenvalue weighted by Crippen LogP contribution is 2.59. The van der Waals surface area contributed by atoms with Crippen molar-refractivity contribution in [3.05, 3.63) is 29.3 Å². The van der Waals surface area contributed by atoms with Gasteiger partial charge in [0.05, 0.1) is 0 Å². The van der Waals surface area contributed by atoms with Gasteiger partial charge in [-0.1, -0.05) is 26.8 Å². The minimum atomic E-state index is -0.0217. The van der Waals surface area contributed by atoms with E-state index in [1.54, 1.807) is 5.56 Å². The summed E-state index contributed by atoms with van der Waals surface area (Å²) < 4.78 is 6.06. The van der Waals surface area contributed by atoms with Crippen LogP contribution in [0.1, 0.15) is 69.9 Å². The molecule has 0 bridgehead atoms. The summed E-state index contributed by atoms with van der Waals surface area (Å²) in [7, 11) is 0. The van der Waals surface area contributed by atoms with Crippen LogP contribution in [0.3, 0.4) is 0 Å². The van der Waals surface area contributed by atoms with Gasteiger partial charge in [0.15, 0.2) is 0 Å². The smallest absolute Gasteiger partial charge is 0.139 e. The molecule has 2 fully saturated rings. The van der Waals surface area contributed by atoms with Gasteiger partial charge in [-0.05, 0) is 86.2 Å². The lowest BCUT2D eigenvalue weighted by Gasteiger charge is -2.48. The summed E-state index contributed by atoms with van der Waals surface area (Å²) in [6.07, 6.45) is 6.59. The van der Waals surface area contributed by atoms with Gasteiger partial charge in [0.2, 0.25) is 0 Å². The normalized spacial score (nSPS) is 32.1. The Balaban J connectivity index is 1.45. The molecule has 3 aliphatic rings. The number of carbonyl (C=O) groups is 1. The Morgan fingerprint density at radius 1 is 1.15 bits per heavy atom. The Hall–Kier alpha value is -1.35. The minimum Gasteiger partial charge on any atom is -0.492 e. The monoisotopic (exact) mass is 369 g/mol. The number of ketones is 1. The fourth-order valence-electron chi connectivity index (χ4n) is 6.25. The maximum atomic E-state index is 12.5. The second-order valence-corrected chi connectivity index (χ2v) is 9.07. The standard InChI is InChI=1S/C24H35NO2/c1-4-25(5-2)14-15-27-18-7-9-19-17(16-18)6-8-21-20(19)12-13-24(3)22(21)10-11-23(24)26/h7,9,16,20-22H,4-6,8,10-15H2,1-3H3/t20?,21?,22?,24-/m0/s1. The molecular weight excluding hydrogens is 334 g/mol. The molecule has 0 aliphatic heterocycles. The average Bonchev–Trinajstić information content (AvgIpc) is 3.00. The Morgan fingerprint density at radius 2 is 1.96 bits per heavy atom. The van der Waals surface area contributed by atoms with Crippen LogP contribution < -0.4 is 4.74 Å². The molecule has 1 aromatic rings. The van der Waals surface area contributed by atoms with Crippen LogP contribution in [0.4, 0.5) is 0 Å². The Bertz CT molecular complexity index is 696. The topological polar surface area (TPSA) is 29.5 Å². The molecule has 148 valence electrons. The molecule has 0 aromatic heterocycles. The van der Waals surface area contributed by atoms with E-state index in [4.69, 9.17) is 4.74 Å². The third-order valence-corrected chi connectivity index (χ3v) is 7.98. The molecule has 4 rings (SSSR count). The molecule has 0 radical (unpaired) electrons. The van der Waals surface area contributed by atoms with Gasteiger partial charge in [0, 0.05) is 18.4 Å². The van der Waals surface area contributed by atoms with Crippen molar-refractivity contribution in [2.24, 2.45) is 17.3 Å². The van der Waals surface area contributed by atoms with Crippen molar-refractivity contribution >= 4 is 5.78 Å². The number of aryl methyl sites for hydroxylation is 1. The van der Waals surface area contributed by atoms with Crippen molar-refractivity contribution in [1.82, 2.24) is 4.90 Å². The van der Waals surface area contributed by atoms with E-state index in [0.717, 1.165) is 57.7 Å². The lowest BCUT2D eigenvalue weighted by atomic mass is 9.55. The molecule has 0 spiro atoms. The predicted octanol–water partition coefficient (Wildman–Crippen LogP) is 4.83. The first-order valence-electron chi connectivity index (χ1n) is 11.1. The Morgan fingerprint density at radius 3 is 2.74 bits per heavy atom. The van der Waals surface area contributed by atoms with Crippen molar-refractivity contribution in [3.63, 3.8) is 0 Å². The second kappa shape index (κ2) is 7.58. The second-order valence-electron chi connectivity index (χ2n) is 9.07. The van der Waals surface area contributed by atoms with Gasteiger partial charge in [-0.15, -0.1) is 0 Å². The maximum absolute atomic E-state index is 12.5. The zero-order valence-corrected chi connectivity index (χ0v) is 17.3. The number of benzene rings is 1. The SMILES string of the molecule is CCN(CC)CCOc1ccc2c(c1)CCC1C2CC[C@]2(C)C(=O)CCC12. The zero-order chi connectivity index (χ0) is 19.0. The van der Waals surface area contributed by atoms with Crippen molar-refractivity contribution in [2.45, 2.75) is 65.2 Å². The van der Waals surface area contributed by atoms with Crippen molar-refractivity contribution in [3.8, 4) is 5.75 Å². The summed E-state index contributed by atoms with van der Waals surface area (Å²) in [6.45, 7) is 10.6. The highest BCUT2D eigenvalue weighted by Gasteiger charge is 2.54. The fraction of sp³-hybridized carbons (Fsp3) is 0.708. The highest BCUT2D eigenvalue weighted by molar-refractivity contribution is 5.87. The van der Waals surface area contributed by atoms with E-state index < -0.39 is 0 Å². The van der Waals surface area contributed by atoms with Crippen LogP contribution in [0.2, 0.25) is 0 Å². The molecule has 1 aromatic carbocycles. The Kier molecular flexibility index (Phi) is 5.33. The van der Waals surface area contributed by atoms with E-state index in [1.807, 2.05) is 0 Å². The molecule has 4 atom stereocenters. The molecule has 27 heavy (non-hydrogen) atoms. The van der Waals surface area contributed by atoms with Gasteiger partial charge in [-0.25, -0.2) is 0 Å². The van der Waals surface area contributed by atoms with E-state index in [-0.39, 0.29) is 5.41 Å². The molecule has 3 nitrogen and oxygen atoms in total. The van der Waals surface area contributed by atoms with Crippen LogP contribution in [0.15, 0.2) is 18.2 Å². The van der Waals surface area contributed by atoms with Crippen LogP contribution in [-0.2, 0) is 11.2 Å². The maximum Gasteiger partial charge on any atom is 0.139 e. The van der Waals surface area contributed by atoms with Gasteiger partial charge < -0.3 is 9.64 Å². The van der Waals surface area contributed by atoms with Gasteiger partial charge >= 0.3 is 0 Å². The first-order chi connectivity index (χ1) is 13.1. The average molecular weight is 370 g/mol. The van der Waals surface area contributed by atoms with E-state index in [2.05, 4.69) is 43.9 Å². The molecule has 2 saturated carbocycles. The van der Waals surface area contributed by atoms with Crippen LogP contribution >= 0.6 is 0 Å². The number of carbonyl (C=O) groups excluding carboxylic acids is 1. The summed E-state index contributed by atoms with van der Waals surface area (Å²) in [6, 6.07) is 6.80. The number of fused-ring (bicyclic) bond motifs is 5. The summed E-state index contributed by atoms with van der Waals surface area (Å²) in [5, 5.41) is 0. The molecule has 3 aliphatic carbocycles. The van der Waals surface area contributed by atoms with E-state index in [0.29, 0.717) is 23.5 Å². The quantitative estimate of drug-likeness (QED) is 0.719. The van der Waals surface area contributed by atoms with Gasteiger partial charge in [-0.3, -0.25) is 4.79 Å². The van der Waals surface area contributed by atoms with E-state index in [9.17, 15) is 4.79 Å². The predicted molar refractivity (Wildman–Crippen MR) is 109 cm³/mol. The zero-order valence-electron chi connectivity index (χ0n) is 17.3. The molecular formula is C24H35NO2. The van der Waals surface area contributed by atoms with Crippen LogP contribution in [-0.4, -0.2) is 36.9 Å². The minimum absolute atomic E-state index is 0.0217. The summed E-state index contributed by atoms with van der Waals surface area (Å²) >= 11 is 0. The largest absolute Gasteiger partial charge is 0.492 e.